The second kappa shape index (κ2) is 15.8. The van der Waals surface area contributed by atoms with Gasteiger partial charge in [0.2, 0.25) is 0 Å². The minimum absolute atomic E-state index is 0.0139. The van der Waals surface area contributed by atoms with E-state index in [2.05, 4.69) is 37.9 Å². The van der Waals surface area contributed by atoms with Crippen molar-refractivity contribution in [3.05, 3.63) is 58.0 Å². The van der Waals surface area contributed by atoms with Gasteiger partial charge in [0.15, 0.2) is 11.4 Å². The van der Waals surface area contributed by atoms with Gasteiger partial charge < -0.3 is 40.1 Å². The zero-order chi connectivity index (χ0) is 41.9. The number of phenols is 2. The number of nitrogens with zero attached hydrogens (tertiary/aromatic N) is 3. The highest BCUT2D eigenvalue weighted by molar-refractivity contribution is 6.19. The van der Waals surface area contributed by atoms with Crippen LogP contribution in [0.1, 0.15) is 98.0 Å². The van der Waals surface area contributed by atoms with E-state index in [0.29, 0.717) is 29.7 Å². The van der Waals surface area contributed by atoms with Gasteiger partial charge in [-0.25, -0.2) is 0 Å². The summed E-state index contributed by atoms with van der Waals surface area (Å²) in [7, 11) is 0. The van der Waals surface area contributed by atoms with Crippen molar-refractivity contribution in [2.45, 2.75) is 113 Å². The molecule has 5 bridgehead atoms. The molecule has 57 heavy (non-hydrogen) atoms. The summed E-state index contributed by atoms with van der Waals surface area (Å²) in [5.41, 5.74) is -0.274. The largest absolute Gasteiger partial charge is 0.507 e. The zero-order valence-corrected chi connectivity index (χ0v) is 35.4. The molecule has 12 nitrogen and oxygen atoms in total. The third-order valence-electron chi connectivity index (χ3n) is 13.4. The molecule has 5 N–H and O–H groups in total. The standard InChI is InChI=1S/C45H62N4O8/c1-22(2)21-49-18-16-45(17-19-49)47-34-31-32-39(52)30(10)41-33(31)42(54)44(11,57-41)56-20-15-23(3)26(6)27(7)28(8)38(51)29(9)37(50)24(4)13-12-14-25(5)43(55)46-36(40(32)53)35(34)48-45/h12-15,20,22-24,26-29,37-38,50-53H,16-19,21H2,1-11H3,(H,46,55)/b13-12+,20-15+,25-14-/t23-,24-,26+,27+,28-,29+,37-,38-,44-/m0/s1. The van der Waals surface area contributed by atoms with E-state index in [9.17, 15) is 30.0 Å². The number of carbonyl (C=O) groups excluding carboxylic acids is 2. The number of Topliss-reactive ketones (excluding diaryl/α,β-unsaturated/α-hetero) is 1. The van der Waals surface area contributed by atoms with Gasteiger partial charge >= 0.3 is 5.79 Å². The number of piperidine rings is 1. The molecule has 0 aliphatic carbocycles. The number of ether oxygens (including phenoxy) is 2. The third-order valence-corrected chi connectivity index (χ3v) is 13.4. The SMILES string of the molecule is C/C1=C/C=C/[C@H](C)[C@H](O)[C@@H](C)[C@@H](O)[C@@H](C)[C@H](C)[C@H](C)[C@@H](C)/C=C/O[C@@]2(C)Oc3c(C)c(O)c4c(O)c(c5c(c4c3C2=O)=NC2(CCN(CC(C)C)CC2)N=5)NC1=O. The summed E-state index contributed by atoms with van der Waals surface area (Å²) in [6, 6.07) is 0. The second-order valence-electron chi connectivity index (χ2n) is 17.9. The number of fused-ring (bicyclic) bond motifs is 13. The van der Waals surface area contributed by atoms with E-state index >= 15 is 0 Å². The smallest absolute Gasteiger partial charge is 0.312 e. The van der Waals surface area contributed by atoms with Gasteiger partial charge in [0.25, 0.3) is 11.7 Å². The van der Waals surface area contributed by atoms with E-state index in [0.717, 1.165) is 19.6 Å². The lowest BCUT2D eigenvalue weighted by atomic mass is 9.72. The Morgan fingerprint density at radius 2 is 1.51 bits per heavy atom. The molecule has 1 saturated heterocycles. The minimum Gasteiger partial charge on any atom is -0.507 e. The Hall–Kier alpha value is -4.26. The van der Waals surface area contributed by atoms with Gasteiger partial charge in [0.1, 0.15) is 22.5 Å². The van der Waals surface area contributed by atoms with Crippen molar-refractivity contribution in [1.82, 2.24) is 4.90 Å². The lowest BCUT2D eigenvalue weighted by Crippen LogP contribution is -2.43. The van der Waals surface area contributed by atoms with Crippen LogP contribution in [0, 0.1) is 48.3 Å². The number of nitrogens with one attached hydrogen (secondary N) is 1. The molecule has 2 aromatic rings. The highest BCUT2D eigenvalue weighted by Crippen LogP contribution is 2.50. The Kier molecular flexibility index (Phi) is 11.8. The van der Waals surface area contributed by atoms with Crippen LogP contribution >= 0.6 is 0 Å². The van der Waals surface area contributed by atoms with E-state index in [1.54, 1.807) is 32.1 Å². The molecule has 0 saturated carbocycles. The number of hydrogen-bond acceptors (Lipinski definition) is 11. The summed E-state index contributed by atoms with van der Waals surface area (Å²) >= 11 is 0. The van der Waals surface area contributed by atoms with Crippen LogP contribution in [0.2, 0.25) is 0 Å². The first-order valence-corrected chi connectivity index (χ1v) is 20.6. The summed E-state index contributed by atoms with van der Waals surface area (Å²) in [5, 5.41) is 50.1. The number of aliphatic hydroxyl groups excluding tert-OH is 2. The lowest BCUT2D eigenvalue weighted by Gasteiger charge is -2.36. The molecule has 9 atom stereocenters. The summed E-state index contributed by atoms with van der Waals surface area (Å²) in [6.07, 6.45) is 8.00. The Balaban J connectivity index is 1.53. The molecule has 0 radical (unpaired) electrons. The van der Waals surface area contributed by atoms with Crippen LogP contribution in [0.4, 0.5) is 5.69 Å². The fraction of sp³-hybridized carbons (Fsp3) is 0.600. The molecule has 0 aromatic heterocycles. The Labute approximate surface area is 336 Å². The normalized spacial score (nSPS) is 34.2. The van der Waals surface area contributed by atoms with Gasteiger partial charge in [-0.05, 0) is 49.5 Å². The zero-order valence-electron chi connectivity index (χ0n) is 35.4. The number of amides is 1. The number of likely N-dealkylation sites (tertiary alicyclic amines) is 1. The quantitative estimate of drug-likeness (QED) is 0.227. The number of aliphatic hydroxyl groups is 2. The van der Waals surface area contributed by atoms with Gasteiger partial charge in [-0.1, -0.05) is 73.6 Å². The molecule has 1 amide bonds. The summed E-state index contributed by atoms with van der Waals surface area (Å²) in [6.45, 7) is 23.5. The number of phenolic OH excluding ortho intramolecular Hbond substituents is 2. The van der Waals surface area contributed by atoms with E-state index in [1.807, 2.05) is 33.8 Å². The topological polar surface area (TPSA) is 174 Å². The predicted octanol–water partition coefficient (Wildman–Crippen LogP) is 6.07. The number of carbonyl (C=O) groups is 2. The van der Waals surface area contributed by atoms with Crippen molar-refractivity contribution in [3.8, 4) is 17.2 Å². The van der Waals surface area contributed by atoms with E-state index in [-0.39, 0.29) is 74.0 Å². The molecular weight excluding hydrogens is 725 g/mol. The Morgan fingerprint density at radius 1 is 0.860 bits per heavy atom. The molecule has 12 heteroatoms. The van der Waals surface area contributed by atoms with Crippen molar-refractivity contribution < 1.29 is 39.5 Å². The number of anilines is 1. The molecule has 5 aliphatic heterocycles. The summed E-state index contributed by atoms with van der Waals surface area (Å²) in [5.74, 6) is -3.79. The Morgan fingerprint density at radius 3 is 2.16 bits per heavy atom. The minimum atomic E-state index is -1.81. The molecule has 5 heterocycles. The van der Waals surface area contributed by atoms with Crippen LogP contribution in [0.15, 0.2) is 46.1 Å². The van der Waals surface area contributed by atoms with Gasteiger partial charge in [-0.3, -0.25) is 19.6 Å². The first-order chi connectivity index (χ1) is 26.7. The summed E-state index contributed by atoms with van der Waals surface area (Å²) < 4.78 is 12.5. The number of benzene rings is 2. The number of allylic oxidation sites excluding steroid dienone is 3. The van der Waals surface area contributed by atoms with Crippen molar-refractivity contribution in [1.29, 1.82) is 0 Å². The average molecular weight is 787 g/mol. The van der Waals surface area contributed by atoms with E-state index in [1.165, 1.54) is 13.2 Å². The molecule has 5 aliphatic rings. The van der Waals surface area contributed by atoms with Gasteiger partial charge in [0.05, 0.1) is 34.8 Å². The first-order valence-electron chi connectivity index (χ1n) is 20.6. The van der Waals surface area contributed by atoms with Crippen LogP contribution in [-0.4, -0.2) is 80.3 Å². The van der Waals surface area contributed by atoms with Gasteiger partial charge in [-0.15, -0.1) is 0 Å². The van der Waals surface area contributed by atoms with Crippen LogP contribution < -0.4 is 20.8 Å². The average Bonchev–Trinajstić information content (AvgIpc) is 3.67. The fourth-order valence-electron chi connectivity index (χ4n) is 8.96. The van der Waals surface area contributed by atoms with Crippen LogP contribution in [0.25, 0.3) is 10.8 Å². The molecule has 7 rings (SSSR count). The van der Waals surface area contributed by atoms with Crippen molar-refractivity contribution in [2.24, 2.45) is 51.4 Å². The molecule has 2 aromatic carbocycles. The third kappa shape index (κ3) is 7.60. The van der Waals surface area contributed by atoms with Crippen molar-refractivity contribution in [3.63, 3.8) is 0 Å². The molecule has 1 spiro atoms. The van der Waals surface area contributed by atoms with Crippen LogP contribution in [0.3, 0.4) is 0 Å². The number of ketones is 1. The first kappa shape index (κ1) is 42.3. The van der Waals surface area contributed by atoms with Crippen LogP contribution in [-0.2, 0) is 9.53 Å². The number of hydrogen-bond donors (Lipinski definition) is 5. The molecule has 1 fully saturated rings. The second-order valence-corrected chi connectivity index (χ2v) is 17.9. The molecule has 310 valence electrons. The van der Waals surface area contributed by atoms with Crippen molar-refractivity contribution >= 4 is 28.2 Å². The Bertz CT molecular complexity index is 2150. The van der Waals surface area contributed by atoms with Gasteiger partial charge in [-0.2, -0.15) is 0 Å². The fourth-order valence-corrected chi connectivity index (χ4v) is 8.96. The maximum absolute atomic E-state index is 14.6. The molecule has 0 unspecified atom stereocenters. The maximum atomic E-state index is 14.6. The molecular formula is C45H62N4O8. The van der Waals surface area contributed by atoms with Gasteiger partial charge in [0, 0.05) is 67.8 Å². The highest BCUT2D eigenvalue weighted by atomic mass is 16.7. The monoisotopic (exact) mass is 786 g/mol. The summed E-state index contributed by atoms with van der Waals surface area (Å²) in [4.78, 5) is 41.2. The van der Waals surface area contributed by atoms with Crippen LogP contribution in [0.5, 0.6) is 17.2 Å². The maximum Gasteiger partial charge on any atom is 0.312 e. The number of aromatic hydroxyl groups is 2. The lowest BCUT2D eigenvalue weighted by molar-refractivity contribution is -0.112. The highest BCUT2D eigenvalue weighted by Gasteiger charge is 2.50. The number of rotatable bonds is 2. The predicted molar refractivity (Wildman–Crippen MR) is 220 cm³/mol. The van der Waals surface area contributed by atoms with E-state index in [4.69, 9.17) is 19.5 Å². The van der Waals surface area contributed by atoms with Crippen molar-refractivity contribution in [2.75, 3.05) is 25.0 Å². The van der Waals surface area contributed by atoms with E-state index < -0.39 is 47.0 Å².